The second-order valence-corrected chi connectivity index (χ2v) is 7.76. The number of ether oxygens (including phenoxy) is 1. The van der Waals surface area contributed by atoms with Crippen LogP contribution in [0.1, 0.15) is 5.56 Å². The molecule has 0 atom stereocenters. The summed E-state index contributed by atoms with van der Waals surface area (Å²) in [5.41, 5.74) is -1.50. The Kier molecular flexibility index (Phi) is 6.04. The maximum Gasteiger partial charge on any atom is 0.416 e. The molecule has 1 N–H and O–H groups in total. The van der Waals surface area contributed by atoms with Crippen molar-refractivity contribution >= 4 is 55.6 Å². The predicted molar refractivity (Wildman–Crippen MR) is 118 cm³/mol. The minimum Gasteiger partial charge on any atom is -0.431 e. The van der Waals surface area contributed by atoms with Crippen LogP contribution >= 0.6 is 27.5 Å². The fraction of sp³-hybridized carbons (Fsp3) is 0.0500. The van der Waals surface area contributed by atoms with Crippen molar-refractivity contribution in [2.45, 2.75) is 6.18 Å². The van der Waals surface area contributed by atoms with Crippen molar-refractivity contribution in [1.82, 2.24) is 15.0 Å². The normalized spacial score (nSPS) is 11.4. The molecule has 168 valence electrons. The van der Waals surface area contributed by atoms with Gasteiger partial charge in [0.15, 0.2) is 5.75 Å². The quantitative estimate of drug-likeness (QED) is 0.217. The van der Waals surface area contributed by atoms with E-state index in [0.717, 1.165) is 29.0 Å². The van der Waals surface area contributed by atoms with Gasteiger partial charge < -0.3 is 10.1 Å². The highest BCUT2D eigenvalue weighted by Crippen LogP contribution is 2.40. The van der Waals surface area contributed by atoms with Crippen LogP contribution in [0.25, 0.3) is 10.9 Å². The van der Waals surface area contributed by atoms with Gasteiger partial charge in [-0.3, -0.25) is 15.1 Å². The van der Waals surface area contributed by atoms with Crippen LogP contribution in [-0.2, 0) is 6.18 Å². The van der Waals surface area contributed by atoms with Gasteiger partial charge in [0, 0.05) is 16.1 Å². The summed E-state index contributed by atoms with van der Waals surface area (Å²) in [6, 6.07) is 9.25. The first-order chi connectivity index (χ1) is 15.6. The first-order valence-electron chi connectivity index (χ1n) is 8.99. The van der Waals surface area contributed by atoms with Gasteiger partial charge in [-0.05, 0) is 36.4 Å². The minimum atomic E-state index is -4.64. The van der Waals surface area contributed by atoms with Gasteiger partial charge in [-0.1, -0.05) is 33.6 Å². The minimum absolute atomic E-state index is 0.0958. The average Bonchev–Trinajstić information content (AvgIpc) is 2.76. The standard InChI is InChI=1S/C20H10BrClF3N5O3/c21-12-4-6-15(16-11(12)2-1-7-26-16)33-19-17(30(31)32)18(27-9-28-19)29-14-8-10(20(23,24)25)3-5-13(14)22/h1-9H,(H,27,28,29). The van der Waals surface area contributed by atoms with Crippen LogP contribution in [0, 0.1) is 10.1 Å². The smallest absolute Gasteiger partial charge is 0.416 e. The molecule has 13 heteroatoms. The Labute approximate surface area is 196 Å². The maximum absolute atomic E-state index is 13.1. The topological polar surface area (TPSA) is 103 Å². The first kappa shape index (κ1) is 22.7. The molecule has 0 aliphatic rings. The molecule has 33 heavy (non-hydrogen) atoms. The van der Waals surface area contributed by atoms with Crippen molar-refractivity contribution in [1.29, 1.82) is 0 Å². The monoisotopic (exact) mass is 539 g/mol. The van der Waals surface area contributed by atoms with Gasteiger partial charge in [-0.25, -0.2) is 4.98 Å². The second kappa shape index (κ2) is 8.79. The van der Waals surface area contributed by atoms with E-state index in [-0.39, 0.29) is 16.5 Å². The molecule has 2 heterocycles. The lowest BCUT2D eigenvalue weighted by atomic mass is 10.2. The largest absolute Gasteiger partial charge is 0.431 e. The molecule has 0 radical (unpaired) electrons. The molecule has 0 fully saturated rings. The molecule has 4 rings (SSSR count). The van der Waals surface area contributed by atoms with Gasteiger partial charge in [-0.15, -0.1) is 0 Å². The van der Waals surface area contributed by atoms with E-state index in [1.807, 2.05) is 0 Å². The lowest BCUT2D eigenvalue weighted by Crippen LogP contribution is -2.07. The zero-order valence-electron chi connectivity index (χ0n) is 16.1. The van der Waals surface area contributed by atoms with Gasteiger partial charge in [0.2, 0.25) is 5.82 Å². The Balaban J connectivity index is 1.77. The van der Waals surface area contributed by atoms with Gasteiger partial charge >= 0.3 is 17.7 Å². The highest BCUT2D eigenvalue weighted by Gasteiger charge is 2.32. The lowest BCUT2D eigenvalue weighted by molar-refractivity contribution is -0.385. The zero-order chi connectivity index (χ0) is 23.8. The van der Waals surface area contributed by atoms with Crippen molar-refractivity contribution in [3.8, 4) is 11.6 Å². The highest BCUT2D eigenvalue weighted by atomic mass is 79.9. The molecule has 0 saturated heterocycles. The average molecular weight is 541 g/mol. The van der Waals surface area contributed by atoms with Crippen LogP contribution in [0.5, 0.6) is 11.6 Å². The summed E-state index contributed by atoms with van der Waals surface area (Å²) in [5, 5.41) is 14.9. The van der Waals surface area contributed by atoms with E-state index in [0.29, 0.717) is 10.9 Å². The SMILES string of the molecule is O=[N+]([O-])c1c(Nc2cc(C(F)(F)F)ccc2Cl)ncnc1Oc1ccc(Br)c2cccnc12. The lowest BCUT2D eigenvalue weighted by Gasteiger charge is -2.13. The molecule has 0 spiro atoms. The van der Waals surface area contributed by atoms with E-state index in [1.54, 1.807) is 24.3 Å². The summed E-state index contributed by atoms with van der Waals surface area (Å²) < 4.78 is 45.7. The molecular weight excluding hydrogens is 531 g/mol. The molecule has 2 aromatic carbocycles. The van der Waals surface area contributed by atoms with Crippen LogP contribution in [0.2, 0.25) is 5.02 Å². The molecule has 0 amide bonds. The van der Waals surface area contributed by atoms with Crippen molar-refractivity contribution < 1.29 is 22.8 Å². The number of hydrogen-bond donors (Lipinski definition) is 1. The van der Waals surface area contributed by atoms with Crippen molar-refractivity contribution in [2.24, 2.45) is 0 Å². The predicted octanol–water partition coefficient (Wildman–Crippen LogP) is 6.90. The van der Waals surface area contributed by atoms with E-state index < -0.39 is 34.0 Å². The summed E-state index contributed by atoms with van der Waals surface area (Å²) in [5.74, 6) is -0.658. The van der Waals surface area contributed by atoms with Crippen LogP contribution in [-0.4, -0.2) is 19.9 Å². The van der Waals surface area contributed by atoms with E-state index in [9.17, 15) is 23.3 Å². The molecule has 0 saturated carbocycles. The Morgan fingerprint density at radius 1 is 1.12 bits per heavy atom. The number of alkyl halides is 3. The second-order valence-electron chi connectivity index (χ2n) is 6.50. The number of aromatic nitrogens is 3. The fourth-order valence-electron chi connectivity index (χ4n) is 2.92. The Morgan fingerprint density at radius 3 is 2.64 bits per heavy atom. The van der Waals surface area contributed by atoms with Crippen molar-refractivity contribution in [3.63, 3.8) is 0 Å². The molecule has 8 nitrogen and oxygen atoms in total. The molecule has 0 aliphatic carbocycles. The summed E-state index contributed by atoms with van der Waals surface area (Å²) in [4.78, 5) is 22.9. The van der Waals surface area contributed by atoms with Crippen LogP contribution < -0.4 is 10.1 Å². The van der Waals surface area contributed by atoms with Gasteiger partial charge in [-0.2, -0.15) is 18.2 Å². The molecule has 2 aromatic heterocycles. The number of pyridine rings is 1. The summed E-state index contributed by atoms with van der Waals surface area (Å²) in [6.45, 7) is 0. The van der Waals surface area contributed by atoms with Crippen LogP contribution in [0.15, 0.2) is 59.5 Å². The Bertz CT molecular complexity index is 1390. The third kappa shape index (κ3) is 4.66. The molecule has 4 aromatic rings. The third-order valence-electron chi connectivity index (χ3n) is 4.40. The van der Waals surface area contributed by atoms with Gasteiger partial charge in [0.1, 0.15) is 11.8 Å². The number of hydrogen-bond acceptors (Lipinski definition) is 7. The molecule has 0 aliphatic heterocycles. The molecular formula is C20H10BrClF3N5O3. The van der Waals surface area contributed by atoms with E-state index in [1.165, 1.54) is 6.20 Å². The van der Waals surface area contributed by atoms with E-state index in [2.05, 4.69) is 36.2 Å². The number of benzene rings is 2. The zero-order valence-corrected chi connectivity index (χ0v) is 18.4. The third-order valence-corrected chi connectivity index (χ3v) is 5.43. The number of nitrogens with zero attached hydrogens (tertiary/aromatic N) is 4. The number of rotatable bonds is 5. The molecule has 0 bridgehead atoms. The summed E-state index contributed by atoms with van der Waals surface area (Å²) in [7, 11) is 0. The number of nitrogens with one attached hydrogen (secondary N) is 1. The van der Waals surface area contributed by atoms with Crippen molar-refractivity contribution in [3.05, 3.63) is 80.2 Å². The highest BCUT2D eigenvalue weighted by molar-refractivity contribution is 9.10. The Hall–Kier alpha value is -3.51. The van der Waals surface area contributed by atoms with Gasteiger partial charge in [0.25, 0.3) is 0 Å². The molecule has 0 unspecified atom stereocenters. The number of halogens is 5. The summed E-state index contributed by atoms with van der Waals surface area (Å²) in [6.07, 6.45) is -2.14. The fourth-order valence-corrected chi connectivity index (χ4v) is 3.53. The number of fused-ring (bicyclic) bond motifs is 1. The Morgan fingerprint density at radius 2 is 1.91 bits per heavy atom. The van der Waals surface area contributed by atoms with E-state index >= 15 is 0 Å². The van der Waals surface area contributed by atoms with Crippen LogP contribution in [0.3, 0.4) is 0 Å². The first-order valence-corrected chi connectivity index (χ1v) is 10.2. The van der Waals surface area contributed by atoms with Crippen LogP contribution in [0.4, 0.5) is 30.4 Å². The van der Waals surface area contributed by atoms with E-state index in [4.69, 9.17) is 16.3 Å². The van der Waals surface area contributed by atoms with Gasteiger partial charge in [0.05, 0.1) is 21.2 Å². The maximum atomic E-state index is 13.1. The number of anilines is 2. The summed E-state index contributed by atoms with van der Waals surface area (Å²) >= 11 is 9.39. The van der Waals surface area contributed by atoms with Crippen molar-refractivity contribution in [2.75, 3.05) is 5.32 Å². The number of nitro groups is 1.